The van der Waals surface area contributed by atoms with Crippen molar-refractivity contribution in [3.63, 3.8) is 0 Å². The third-order valence-electron chi connectivity index (χ3n) is 4.24. The molecule has 0 aliphatic rings. The number of thiazole rings is 1. The number of carboxylic acids is 2. The number of hydrogen-bond acceptors (Lipinski definition) is 9. The third-order valence-corrected chi connectivity index (χ3v) is 5.32. The Morgan fingerprint density at radius 2 is 1.69 bits per heavy atom. The van der Waals surface area contributed by atoms with E-state index < -0.39 is 11.9 Å². The summed E-state index contributed by atoms with van der Waals surface area (Å²) in [6.07, 6.45) is 0.769. The largest absolute Gasteiger partial charge is 0.545 e. The molecule has 0 aliphatic carbocycles. The lowest BCUT2D eigenvalue weighted by atomic mass is 10.2. The van der Waals surface area contributed by atoms with Crippen LogP contribution in [0, 0.1) is 0 Å². The van der Waals surface area contributed by atoms with E-state index in [-0.39, 0.29) is 0 Å². The minimum atomic E-state index is -1.55. The standard InChI is InChI=1S/C19H23N3OS.C4H4O4/c1-21(2)11-12-22(14-15-7-5-4-6-8-15)19-20-17-10-9-16(23-3)13-18(17)24-19;5-3(6)1-2-4(7)8/h4-10,13H,11-12,14H2,1-3H3;1-2H,(H,5,6)(H,7,8)/p-2/b;2-1+. The highest BCUT2D eigenvalue weighted by Gasteiger charge is 2.13. The summed E-state index contributed by atoms with van der Waals surface area (Å²) in [6, 6.07) is 16.6. The summed E-state index contributed by atoms with van der Waals surface area (Å²) in [5, 5.41) is 19.9. The topological polar surface area (TPSA) is 109 Å². The van der Waals surface area contributed by atoms with Crippen LogP contribution in [0.15, 0.2) is 60.7 Å². The Labute approximate surface area is 191 Å². The maximum Gasteiger partial charge on any atom is 0.186 e. The molecule has 0 radical (unpaired) electrons. The summed E-state index contributed by atoms with van der Waals surface area (Å²) in [5.74, 6) is -2.22. The van der Waals surface area contributed by atoms with Crippen LogP contribution in [-0.2, 0) is 16.1 Å². The molecule has 2 aromatic carbocycles. The van der Waals surface area contributed by atoms with Crippen molar-refractivity contribution in [2.45, 2.75) is 6.54 Å². The lowest BCUT2D eigenvalue weighted by Crippen LogP contribution is -2.31. The Kier molecular flexibility index (Phi) is 9.65. The van der Waals surface area contributed by atoms with Crippen LogP contribution in [0.2, 0.25) is 0 Å². The van der Waals surface area contributed by atoms with Crippen LogP contribution in [0.25, 0.3) is 10.2 Å². The first-order valence-corrected chi connectivity index (χ1v) is 10.6. The number of likely N-dealkylation sites (N-methyl/N-ethyl adjacent to an activating group) is 1. The summed E-state index contributed by atoms with van der Waals surface area (Å²) in [6.45, 7) is 2.80. The van der Waals surface area contributed by atoms with Gasteiger partial charge in [0.15, 0.2) is 5.13 Å². The molecule has 0 atom stereocenters. The molecule has 0 aliphatic heterocycles. The summed E-state index contributed by atoms with van der Waals surface area (Å²) in [5.41, 5.74) is 2.33. The lowest BCUT2D eigenvalue weighted by Gasteiger charge is -2.23. The van der Waals surface area contributed by atoms with E-state index in [1.807, 2.05) is 12.1 Å². The van der Waals surface area contributed by atoms with E-state index in [1.165, 1.54) is 5.56 Å². The van der Waals surface area contributed by atoms with Crippen LogP contribution in [0.5, 0.6) is 5.75 Å². The second-order valence-electron chi connectivity index (χ2n) is 7.01. The number of methoxy groups -OCH3 is 1. The number of carboxylic acid groups (broad SMARTS) is 2. The maximum absolute atomic E-state index is 9.41. The molecule has 1 heterocycles. The molecule has 0 unspecified atom stereocenters. The third kappa shape index (κ3) is 8.37. The minimum Gasteiger partial charge on any atom is -0.545 e. The number of benzene rings is 2. The lowest BCUT2D eigenvalue weighted by molar-refractivity contribution is -0.301. The number of nitrogens with zero attached hydrogens (tertiary/aromatic N) is 3. The summed E-state index contributed by atoms with van der Waals surface area (Å²) >= 11 is 1.72. The fourth-order valence-corrected chi connectivity index (χ4v) is 3.68. The summed E-state index contributed by atoms with van der Waals surface area (Å²) in [7, 11) is 5.90. The van der Waals surface area contributed by atoms with Crippen LogP contribution in [-0.4, -0.2) is 56.1 Å². The van der Waals surface area contributed by atoms with Gasteiger partial charge in [0.25, 0.3) is 0 Å². The van der Waals surface area contributed by atoms with Gasteiger partial charge in [0.05, 0.1) is 29.3 Å². The highest BCUT2D eigenvalue weighted by Crippen LogP contribution is 2.32. The van der Waals surface area contributed by atoms with Crippen molar-refractivity contribution in [3.8, 4) is 5.75 Å². The molecule has 0 bridgehead atoms. The van der Waals surface area contributed by atoms with E-state index in [1.54, 1.807) is 18.4 Å². The molecule has 0 spiro atoms. The first-order chi connectivity index (χ1) is 15.3. The van der Waals surface area contributed by atoms with Gasteiger partial charge in [0.2, 0.25) is 0 Å². The van der Waals surface area contributed by atoms with E-state index >= 15 is 0 Å². The SMILES string of the molecule is COc1ccc2nc(N(CCN(C)C)Cc3ccccc3)sc2c1.O=C([O-])/C=C/C(=O)[O-]. The minimum absolute atomic E-state index is 0.384. The normalized spacial score (nSPS) is 10.8. The van der Waals surface area contributed by atoms with Gasteiger partial charge in [-0.3, -0.25) is 0 Å². The number of aromatic nitrogens is 1. The van der Waals surface area contributed by atoms with Crippen molar-refractivity contribution in [3.05, 3.63) is 66.2 Å². The quantitative estimate of drug-likeness (QED) is 0.438. The van der Waals surface area contributed by atoms with Crippen LogP contribution < -0.4 is 19.8 Å². The second kappa shape index (κ2) is 12.4. The number of fused-ring (bicyclic) bond motifs is 1. The predicted molar refractivity (Wildman–Crippen MR) is 121 cm³/mol. The molecule has 9 heteroatoms. The first-order valence-electron chi connectivity index (χ1n) is 9.76. The van der Waals surface area contributed by atoms with E-state index in [2.05, 4.69) is 60.3 Å². The zero-order valence-electron chi connectivity index (χ0n) is 18.2. The molecule has 0 amide bonds. The maximum atomic E-state index is 9.41. The van der Waals surface area contributed by atoms with Crippen molar-refractivity contribution >= 4 is 38.6 Å². The van der Waals surface area contributed by atoms with Crippen LogP contribution in [0.3, 0.4) is 0 Å². The van der Waals surface area contributed by atoms with E-state index in [0.29, 0.717) is 12.2 Å². The Morgan fingerprint density at radius 1 is 1.03 bits per heavy atom. The van der Waals surface area contributed by atoms with Gasteiger partial charge in [0, 0.05) is 19.6 Å². The first kappa shape index (κ1) is 24.8. The zero-order valence-corrected chi connectivity index (χ0v) is 19.0. The number of rotatable bonds is 9. The molecular formula is C23H25N3O5S-2. The van der Waals surface area contributed by atoms with Crippen LogP contribution in [0.4, 0.5) is 5.13 Å². The predicted octanol–water partition coefficient (Wildman–Crippen LogP) is 0.915. The van der Waals surface area contributed by atoms with Crippen molar-refractivity contribution in [1.82, 2.24) is 9.88 Å². The highest BCUT2D eigenvalue weighted by molar-refractivity contribution is 7.22. The molecular weight excluding hydrogens is 430 g/mol. The Morgan fingerprint density at radius 3 is 2.25 bits per heavy atom. The summed E-state index contributed by atoms with van der Waals surface area (Å²) in [4.78, 5) is 28.2. The van der Waals surface area contributed by atoms with E-state index in [9.17, 15) is 19.8 Å². The number of aliphatic carboxylic acids is 2. The molecule has 32 heavy (non-hydrogen) atoms. The molecule has 3 aromatic rings. The van der Waals surface area contributed by atoms with Crippen LogP contribution >= 0.6 is 11.3 Å². The second-order valence-corrected chi connectivity index (χ2v) is 8.02. The molecule has 0 fully saturated rings. The van der Waals surface area contributed by atoms with Crippen molar-refractivity contribution in [2.24, 2.45) is 0 Å². The molecule has 0 saturated heterocycles. The number of carbonyl (C=O) groups excluding carboxylic acids is 2. The van der Waals surface area contributed by atoms with Gasteiger partial charge < -0.3 is 34.3 Å². The van der Waals surface area contributed by atoms with Crippen molar-refractivity contribution in [1.29, 1.82) is 0 Å². The van der Waals surface area contributed by atoms with Crippen molar-refractivity contribution in [2.75, 3.05) is 39.2 Å². The molecule has 8 nitrogen and oxygen atoms in total. The van der Waals surface area contributed by atoms with Gasteiger partial charge >= 0.3 is 0 Å². The average Bonchev–Trinajstić information content (AvgIpc) is 3.19. The van der Waals surface area contributed by atoms with Crippen molar-refractivity contribution < 1.29 is 24.5 Å². The van der Waals surface area contributed by atoms with Gasteiger partial charge in [-0.05, 0) is 50.0 Å². The van der Waals surface area contributed by atoms with Gasteiger partial charge in [-0.25, -0.2) is 4.98 Å². The van der Waals surface area contributed by atoms with Crippen LogP contribution in [0.1, 0.15) is 5.56 Å². The fraction of sp³-hybridized carbons (Fsp3) is 0.261. The fourth-order valence-electron chi connectivity index (χ4n) is 2.66. The zero-order chi connectivity index (χ0) is 23.5. The van der Waals surface area contributed by atoms with Gasteiger partial charge in [-0.15, -0.1) is 0 Å². The van der Waals surface area contributed by atoms with E-state index in [0.717, 1.165) is 40.7 Å². The Hall–Kier alpha value is -3.43. The van der Waals surface area contributed by atoms with Gasteiger partial charge in [-0.2, -0.15) is 0 Å². The molecule has 1 aromatic heterocycles. The monoisotopic (exact) mass is 455 g/mol. The Bertz CT molecular complexity index is 1030. The molecule has 170 valence electrons. The number of carbonyl (C=O) groups is 2. The molecule has 0 saturated carbocycles. The Balaban J connectivity index is 0.000000390. The van der Waals surface area contributed by atoms with Gasteiger partial charge in [0.1, 0.15) is 5.75 Å². The average molecular weight is 456 g/mol. The van der Waals surface area contributed by atoms with E-state index in [4.69, 9.17) is 9.72 Å². The smallest absolute Gasteiger partial charge is 0.186 e. The molecule has 3 rings (SSSR count). The highest BCUT2D eigenvalue weighted by atomic mass is 32.1. The summed E-state index contributed by atoms with van der Waals surface area (Å²) < 4.78 is 6.48. The number of anilines is 1. The molecule has 0 N–H and O–H groups in total. The number of ether oxygens (including phenoxy) is 1. The van der Waals surface area contributed by atoms with Gasteiger partial charge in [-0.1, -0.05) is 41.7 Å². The number of hydrogen-bond donors (Lipinski definition) is 0.